The van der Waals surface area contributed by atoms with E-state index < -0.39 is 23.5 Å². The molecule has 0 atom stereocenters. The summed E-state index contributed by atoms with van der Waals surface area (Å²) in [4.78, 5) is 23.2. The molecule has 0 aliphatic carbocycles. The Labute approximate surface area is 165 Å². The zero-order valence-electron chi connectivity index (χ0n) is 15.8. The van der Waals surface area contributed by atoms with Crippen molar-refractivity contribution in [1.29, 1.82) is 0 Å². The number of carbonyl (C=O) groups excluding carboxylic acids is 1. The number of aliphatic carboxylic acids is 1. The smallest absolute Gasteiger partial charge is 0.303 e. The van der Waals surface area contributed by atoms with Crippen LogP contribution in [0.15, 0.2) is 30.3 Å². The molecule has 0 saturated carbocycles. The number of benzene rings is 2. The Kier molecular flexibility index (Phi) is 5.72. The third-order valence-corrected chi connectivity index (χ3v) is 4.62. The Morgan fingerprint density at radius 1 is 1.21 bits per heavy atom. The number of nitrogens with one attached hydrogen (secondary N) is 2. The van der Waals surface area contributed by atoms with Gasteiger partial charge >= 0.3 is 5.97 Å². The van der Waals surface area contributed by atoms with Gasteiger partial charge in [0.2, 0.25) is 5.91 Å². The molecule has 0 bridgehead atoms. The van der Waals surface area contributed by atoms with Gasteiger partial charge in [-0.25, -0.2) is 8.78 Å². The van der Waals surface area contributed by atoms with Gasteiger partial charge in [-0.3, -0.25) is 14.7 Å². The predicted molar refractivity (Wildman–Crippen MR) is 106 cm³/mol. The summed E-state index contributed by atoms with van der Waals surface area (Å²) in [5, 5.41) is 18.9. The number of carboxylic acids is 1. The molecule has 3 rings (SSSR count). The van der Waals surface area contributed by atoms with Crippen molar-refractivity contribution in [2.24, 2.45) is 0 Å². The van der Waals surface area contributed by atoms with Crippen LogP contribution in [-0.4, -0.2) is 27.2 Å². The zero-order chi connectivity index (χ0) is 21.1. The SMILES string of the molecule is Cc1c(F)ccc(CCC(=O)O)c1NC(=O)C=Cc1cc2n[nH]c(C)c2cc1F. The molecule has 0 radical (unpaired) electrons. The maximum atomic E-state index is 14.3. The van der Waals surface area contributed by atoms with E-state index in [1.807, 2.05) is 0 Å². The van der Waals surface area contributed by atoms with E-state index >= 15 is 0 Å². The van der Waals surface area contributed by atoms with Gasteiger partial charge in [0.15, 0.2) is 0 Å². The quantitative estimate of drug-likeness (QED) is 0.543. The van der Waals surface area contributed by atoms with E-state index in [9.17, 15) is 18.4 Å². The first-order valence-corrected chi connectivity index (χ1v) is 8.89. The third kappa shape index (κ3) is 4.48. The lowest BCUT2D eigenvalue weighted by Crippen LogP contribution is -2.13. The molecule has 1 amide bonds. The first-order valence-electron chi connectivity index (χ1n) is 8.89. The van der Waals surface area contributed by atoms with Gasteiger partial charge < -0.3 is 10.4 Å². The number of halogens is 2. The summed E-state index contributed by atoms with van der Waals surface area (Å²) < 4.78 is 28.2. The molecule has 6 nitrogen and oxygen atoms in total. The summed E-state index contributed by atoms with van der Waals surface area (Å²) in [6.07, 6.45) is 2.42. The maximum absolute atomic E-state index is 14.3. The molecule has 0 spiro atoms. The van der Waals surface area contributed by atoms with Gasteiger partial charge in [0.1, 0.15) is 11.6 Å². The Bertz CT molecular complexity index is 1140. The van der Waals surface area contributed by atoms with E-state index in [-0.39, 0.29) is 29.7 Å². The third-order valence-electron chi connectivity index (χ3n) is 4.62. The predicted octanol–water partition coefficient (Wildman–Crippen LogP) is 4.13. The minimum atomic E-state index is -0.997. The van der Waals surface area contributed by atoms with Crippen LogP contribution in [0.5, 0.6) is 0 Å². The van der Waals surface area contributed by atoms with Crippen LogP contribution in [0.2, 0.25) is 0 Å². The molecule has 1 heterocycles. The van der Waals surface area contributed by atoms with Crippen molar-refractivity contribution in [3.63, 3.8) is 0 Å². The van der Waals surface area contributed by atoms with E-state index in [1.54, 1.807) is 6.92 Å². The van der Waals surface area contributed by atoms with Gasteiger partial charge in [-0.15, -0.1) is 0 Å². The van der Waals surface area contributed by atoms with Gasteiger partial charge in [-0.1, -0.05) is 6.07 Å². The molecular weight excluding hydrogens is 380 g/mol. The highest BCUT2D eigenvalue weighted by Crippen LogP contribution is 2.25. The fraction of sp³-hybridized carbons (Fsp3) is 0.190. The lowest BCUT2D eigenvalue weighted by atomic mass is 10.0. The largest absolute Gasteiger partial charge is 0.481 e. The van der Waals surface area contributed by atoms with Crippen LogP contribution in [0.4, 0.5) is 14.5 Å². The first-order chi connectivity index (χ1) is 13.8. The number of carbonyl (C=O) groups is 2. The van der Waals surface area contributed by atoms with Crippen LogP contribution in [0.1, 0.15) is 28.8 Å². The minimum absolute atomic E-state index is 0.138. The summed E-state index contributed by atoms with van der Waals surface area (Å²) in [5.74, 6) is -2.61. The lowest BCUT2D eigenvalue weighted by Gasteiger charge is -2.13. The van der Waals surface area contributed by atoms with E-state index in [0.717, 1.165) is 11.8 Å². The highest BCUT2D eigenvalue weighted by Gasteiger charge is 2.13. The van der Waals surface area contributed by atoms with E-state index in [0.29, 0.717) is 16.5 Å². The van der Waals surface area contributed by atoms with Crippen LogP contribution in [0.3, 0.4) is 0 Å². The van der Waals surface area contributed by atoms with Crippen molar-refractivity contribution in [2.75, 3.05) is 5.32 Å². The van der Waals surface area contributed by atoms with Crippen molar-refractivity contribution in [1.82, 2.24) is 10.2 Å². The second-order valence-corrected chi connectivity index (χ2v) is 6.66. The van der Waals surface area contributed by atoms with Crippen LogP contribution >= 0.6 is 0 Å². The van der Waals surface area contributed by atoms with Crippen LogP contribution in [-0.2, 0) is 16.0 Å². The highest BCUT2D eigenvalue weighted by atomic mass is 19.1. The van der Waals surface area contributed by atoms with E-state index in [2.05, 4.69) is 15.5 Å². The standard InChI is InChI=1S/C21H19F2N3O3/c1-11-16(22)6-3-13(5-8-20(28)29)21(11)24-19(27)7-4-14-9-18-15(10-17(14)23)12(2)25-26-18/h3-4,6-7,9-10H,5,8H2,1-2H3,(H,24,27)(H,25,26)(H,28,29). The number of nitrogens with zero attached hydrogens (tertiary/aromatic N) is 1. The number of aryl methyl sites for hydroxylation is 2. The molecule has 0 aliphatic rings. The van der Waals surface area contributed by atoms with Crippen molar-refractivity contribution >= 4 is 34.5 Å². The topological polar surface area (TPSA) is 95.1 Å². The van der Waals surface area contributed by atoms with Crippen LogP contribution in [0, 0.1) is 25.5 Å². The van der Waals surface area contributed by atoms with E-state index in [4.69, 9.17) is 5.11 Å². The van der Waals surface area contributed by atoms with Gasteiger partial charge in [0, 0.05) is 34.7 Å². The maximum Gasteiger partial charge on any atom is 0.303 e. The second-order valence-electron chi connectivity index (χ2n) is 6.66. The Balaban J connectivity index is 1.83. The summed E-state index contributed by atoms with van der Waals surface area (Å²) in [6, 6.07) is 5.53. The molecule has 3 N–H and O–H groups in total. The van der Waals surface area contributed by atoms with Crippen LogP contribution in [0.25, 0.3) is 17.0 Å². The monoisotopic (exact) mass is 399 g/mol. The molecule has 2 aromatic carbocycles. The van der Waals surface area contributed by atoms with Crippen molar-refractivity contribution in [2.45, 2.75) is 26.7 Å². The summed E-state index contributed by atoms with van der Waals surface area (Å²) >= 11 is 0. The average Bonchev–Trinajstić information content (AvgIpc) is 3.02. The molecule has 0 aliphatic heterocycles. The second kappa shape index (κ2) is 8.22. The highest BCUT2D eigenvalue weighted by molar-refractivity contribution is 6.03. The number of carboxylic acid groups (broad SMARTS) is 1. The molecule has 3 aromatic rings. The molecule has 0 fully saturated rings. The number of anilines is 1. The average molecular weight is 399 g/mol. The van der Waals surface area contributed by atoms with Crippen molar-refractivity contribution in [3.8, 4) is 0 Å². The number of aromatic amines is 1. The first kappa shape index (κ1) is 20.2. The van der Waals surface area contributed by atoms with Crippen molar-refractivity contribution in [3.05, 3.63) is 64.4 Å². The molecule has 8 heteroatoms. The molecule has 29 heavy (non-hydrogen) atoms. The number of rotatable bonds is 6. The van der Waals surface area contributed by atoms with Crippen LogP contribution < -0.4 is 5.32 Å². The number of fused-ring (bicyclic) bond motifs is 1. The van der Waals surface area contributed by atoms with E-state index in [1.165, 1.54) is 37.3 Å². The summed E-state index contributed by atoms with van der Waals surface area (Å²) in [5.41, 5.74) is 2.42. The summed E-state index contributed by atoms with van der Waals surface area (Å²) in [7, 11) is 0. The fourth-order valence-corrected chi connectivity index (χ4v) is 3.00. The normalized spacial score (nSPS) is 11.3. The Morgan fingerprint density at radius 3 is 2.69 bits per heavy atom. The number of amides is 1. The minimum Gasteiger partial charge on any atom is -0.481 e. The van der Waals surface area contributed by atoms with Gasteiger partial charge in [0.25, 0.3) is 0 Å². The Hall–Kier alpha value is -3.55. The Morgan fingerprint density at radius 2 is 1.97 bits per heavy atom. The molecule has 0 saturated heterocycles. The number of hydrogen-bond donors (Lipinski definition) is 3. The molecule has 0 unspecified atom stereocenters. The fourth-order valence-electron chi connectivity index (χ4n) is 3.00. The number of hydrogen-bond acceptors (Lipinski definition) is 3. The lowest BCUT2D eigenvalue weighted by molar-refractivity contribution is -0.136. The number of H-pyrrole nitrogens is 1. The zero-order valence-corrected chi connectivity index (χ0v) is 15.8. The molecular formula is C21H19F2N3O3. The van der Waals surface area contributed by atoms with Gasteiger partial charge in [-0.2, -0.15) is 5.10 Å². The number of aromatic nitrogens is 2. The van der Waals surface area contributed by atoms with Crippen molar-refractivity contribution < 1.29 is 23.5 Å². The van der Waals surface area contributed by atoms with Gasteiger partial charge in [-0.05, 0) is 50.1 Å². The van der Waals surface area contributed by atoms with Gasteiger partial charge in [0.05, 0.1) is 11.2 Å². The molecule has 150 valence electrons. The molecule has 1 aromatic heterocycles. The summed E-state index contributed by atoms with van der Waals surface area (Å²) in [6.45, 7) is 3.27.